The molecule has 0 atom stereocenters. The summed E-state index contributed by atoms with van der Waals surface area (Å²) in [6.07, 6.45) is 2.19. The average molecular weight is 623 g/mol. The molecule has 9 heteroatoms. The van der Waals surface area contributed by atoms with Gasteiger partial charge in [-0.25, -0.2) is 9.59 Å². The van der Waals surface area contributed by atoms with E-state index in [0.29, 0.717) is 74.7 Å². The van der Waals surface area contributed by atoms with Crippen LogP contribution in [0.3, 0.4) is 0 Å². The summed E-state index contributed by atoms with van der Waals surface area (Å²) in [6, 6.07) is 12.9. The first-order valence-electron chi connectivity index (χ1n) is 14.4. The fourth-order valence-electron chi connectivity index (χ4n) is 2.95. The van der Waals surface area contributed by atoms with Gasteiger partial charge in [-0.05, 0) is 44.5 Å². The van der Waals surface area contributed by atoms with Crippen molar-refractivity contribution in [2.24, 2.45) is 0 Å². The molecule has 2 aromatic rings. The standard InChI is InChI=1S/C16H22O5.C13H16O4.2C2H6.2CH4/c1-13(17)14-5-7-15(8-6-14)16(18)21-12-4-11-20-10-3-9-19-2;1-10(14)11-4-6-12(7-5-11)13(15)17-9-3-8-16-2;2*1-2;;/h5-8H,3-4,9-12H2,1-2H3;4-7H,3,8-9H2,1-2H3;2*1-2H3;2*1H4. The van der Waals surface area contributed by atoms with E-state index in [1.807, 2.05) is 27.7 Å². The number of esters is 2. The molecule has 0 saturated heterocycles. The Bertz CT molecular complexity index is 984. The molecule has 0 aliphatic heterocycles. The van der Waals surface area contributed by atoms with E-state index in [4.69, 9.17) is 23.7 Å². The summed E-state index contributed by atoms with van der Waals surface area (Å²) in [5.41, 5.74) is 2.06. The van der Waals surface area contributed by atoms with E-state index in [0.717, 1.165) is 6.42 Å². The molecule has 0 aliphatic carbocycles. The van der Waals surface area contributed by atoms with E-state index in [1.165, 1.54) is 13.8 Å². The predicted octanol–water partition coefficient (Wildman–Crippen LogP) is 7.90. The minimum Gasteiger partial charge on any atom is -0.462 e. The van der Waals surface area contributed by atoms with Gasteiger partial charge < -0.3 is 23.7 Å². The average Bonchev–Trinajstić information content (AvgIpc) is 3.02. The van der Waals surface area contributed by atoms with Gasteiger partial charge in [0, 0.05) is 64.6 Å². The number of hydrogen-bond donors (Lipinski definition) is 0. The third kappa shape index (κ3) is 23.1. The Morgan fingerprint density at radius 2 is 0.750 bits per heavy atom. The number of carbonyl (C=O) groups is 4. The SMILES string of the molecule is C.C.CC.CC.COCCCOC(=O)c1ccc(C(C)=O)cc1.COCCCOCCCOC(=O)c1ccc(C(C)=O)cc1. The van der Waals surface area contributed by atoms with E-state index in [2.05, 4.69) is 0 Å². The molecule has 0 heterocycles. The molecule has 44 heavy (non-hydrogen) atoms. The predicted molar refractivity (Wildman–Crippen MR) is 178 cm³/mol. The zero-order valence-corrected chi connectivity index (χ0v) is 26.7. The van der Waals surface area contributed by atoms with Crippen molar-refractivity contribution < 1.29 is 42.9 Å². The van der Waals surface area contributed by atoms with Gasteiger partial charge in [-0.1, -0.05) is 66.8 Å². The van der Waals surface area contributed by atoms with E-state index < -0.39 is 0 Å². The number of hydrogen-bond acceptors (Lipinski definition) is 9. The van der Waals surface area contributed by atoms with Crippen LogP contribution in [0.2, 0.25) is 0 Å². The highest BCUT2D eigenvalue weighted by Gasteiger charge is 2.09. The van der Waals surface area contributed by atoms with Gasteiger partial charge in [0.15, 0.2) is 11.6 Å². The summed E-state index contributed by atoms with van der Waals surface area (Å²) >= 11 is 0. The lowest BCUT2D eigenvalue weighted by Crippen LogP contribution is -2.09. The topological polar surface area (TPSA) is 114 Å². The van der Waals surface area contributed by atoms with Crippen molar-refractivity contribution in [2.45, 2.75) is 75.7 Å². The highest BCUT2D eigenvalue weighted by Crippen LogP contribution is 2.08. The van der Waals surface area contributed by atoms with Crippen LogP contribution in [-0.2, 0) is 23.7 Å². The van der Waals surface area contributed by atoms with Gasteiger partial charge in [-0.2, -0.15) is 0 Å². The van der Waals surface area contributed by atoms with Crippen molar-refractivity contribution in [3.05, 3.63) is 70.8 Å². The number of benzene rings is 2. The number of rotatable bonds is 16. The zero-order valence-electron chi connectivity index (χ0n) is 26.7. The summed E-state index contributed by atoms with van der Waals surface area (Å²) in [7, 11) is 3.25. The maximum atomic E-state index is 11.7. The molecule has 0 unspecified atom stereocenters. The lowest BCUT2D eigenvalue weighted by atomic mass is 10.1. The smallest absolute Gasteiger partial charge is 0.338 e. The number of ketones is 2. The molecule has 0 aliphatic rings. The van der Waals surface area contributed by atoms with Crippen LogP contribution >= 0.6 is 0 Å². The highest BCUT2D eigenvalue weighted by molar-refractivity contribution is 5.96. The second-order valence-electron chi connectivity index (χ2n) is 8.20. The van der Waals surface area contributed by atoms with Crippen molar-refractivity contribution in [3.63, 3.8) is 0 Å². The normalized spacial score (nSPS) is 9.09. The zero-order chi connectivity index (χ0) is 32.2. The fraction of sp³-hybridized carbons (Fsp3) is 0.543. The minimum absolute atomic E-state index is 0. The molecule has 0 amide bonds. The first-order valence-corrected chi connectivity index (χ1v) is 14.4. The molecule has 0 radical (unpaired) electrons. The molecular formula is C35H58O9. The molecule has 0 fully saturated rings. The van der Waals surface area contributed by atoms with Gasteiger partial charge in [0.25, 0.3) is 0 Å². The van der Waals surface area contributed by atoms with Crippen LogP contribution in [0.4, 0.5) is 0 Å². The van der Waals surface area contributed by atoms with Gasteiger partial charge in [-0.15, -0.1) is 0 Å². The van der Waals surface area contributed by atoms with Crippen LogP contribution in [0.5, 0.6) is 0 Å². The van der Waals surface area contributed by atoms with Crippen molar-refractivity contribution in [3.8, 4) is 0 Å². The maximum absolute atomic E-state index is 11.7. The number of ether oxygens (including phenoxy) is 5. The first-order chi connectivity index (χ1) is 20.3. The molecule has 0 N–H and O–H groups in total. The largest absolute Gasteiger partial charge is 0.462 e. The Kier molecular flexibility index (Phi) is 35.1. The lowest BCUT2D eigenvalue weighted by molar-refractivity contribution is 0.0430. The van der Waals surface area contributed by atoms with E-state index in [9.17, 15) is 19.2 Å². The van der Waals surface area contributed by atoms with Crippen LogP contribution in [-0.4, -0.2) is 77.4 Å². The molecule has 0 saturated carbocycles. The molecule has 2 rings (SSSR count). The number of methoxy groups -OCH3 is 2. The Morgan fingerprint density at radius 1 is 0.477 bits per heavy atom. The third-order valence-electron chi connectivity index (χ3n) is 5.08. The van der Waals surface area contributed by atoms with Crippen LogP contribution in [0.25, 0.3) is 0 Å². The van der Waals surface area contributed by atoms with Crippen LogP contribution in [0.1, 0.15) is 117 Å². The Labute approximate surface area is 266 Å². The second-order valence-corrected chi connectivity index (χ2v) is 8.20. The van der Waals surface area contributed by atoms with Crippen LogP contribution < -0.4 is 0 Å². The lowest BCUT2D eigenvalue weighted by Gasteiger charge is -2.06. The Morgan fingerprint density at radius 3 is 1.05 bits per heavy atom. The van der Waals surface area contributed by atoms with Crippen molar-refractivity contribution in [2.75, 3.05) is 53.9 Å². The second kappa shape index (κ2) is 32.5. The first kappa shape index (κ1) is 47.5. The van der Waals surface area contributed by atoms with Gasteiger partial charge in [0.2, 0.25) is 0 Å². The van der Waals surface area contributed by atoms with E-state index in [1.54, 1.807) is 62.8 Å². The number of Topliss-reactive ketones (excluding diaryl/α,β-unsaturated/α-hetero) is 2. The minimum atomic E-state index is -0.385. The summed E-state index contributed by atoms with van der Waals surface area (Å²) in [5, 5.41) is 0. The maximum Gasteiger partial charge on any atom is 0.338 e. The third-order valence-corrected chi connectivity index (χ3v) is 5.08. The molecule has 0 bridgehead atoms. The molecule has 0 aromatic heterocycles. The van der Waals surface area contributed by atoms with Gasteiger partial charge >= 0.3 is 11.9 Å². The molecular weight excluding hydrogens is 564 g/mol. The molecule has 9 nitrogen and oxygen atoms in total. The summed E-state index contributed by atoms with van der Waals surface area (Å²) in [6.45, 7) is 14.1. The van der Waals surface area contributed by atoms with Crippen LogP contribution in [0.15, 0.2) is 48.5 Å². The number of carbonyl (C=O) groups excluding carboxylic acids is 4. The molecule has 252 valence electrons. The van der Waals surface area contributed by atoms with Crippen molar-refractivity contribution >= 4 is 23.5 Å². The Hall–Kier alpha value is -3.40. The van der Waals surface area contributed by atoms with Crippen molar-refractivity contribution in [1.29, 1.82) is 0 Å². The van der Waals surface area contributed by atoms with Gasteiger partial charge in [-0.3, -0.25) is 9.59 Å². The van der Waals surface area contributed by atoms with E-state index >= 15 is 0 Å². The molecule has 0 spiro atoms. The van der Waals surface area contributed by atoms with Gasteiger partial charge in [0.1, 0.15) is 0 Å². The van der Waals surface area contributed by atoms with Crippen molar-refractivity contribution in [1.82, 2.24) is 0 Å². The summed E-state index contributed by atoms with van der Waals surface area (Å²) < 4.78 is 25.3. The van der Waals surface area contributed by atoms with Crippen LogP contribution in [0, 0.1) is 0 Å². The highest BCUT2D eigenvalue weighted by atomic mass is 16.5. The summed E-state index contributed by atoms with van der Waals surface area (Å²) in [5.74, 6) is -0.814. The summed E-state index contributed by atoms with van der Waals surface area (Å²) in [4.78, 5) is 45.4. The monoisotopic (exact) mass is 622 g/mol. The molecule has 2 aromatic carbocycles. The van der Waals surface area contributed by atoms with E-state index in [-0.39, 0.29) is 38.4 Å². The Balaban J connectivity index is -0.000000318. The van der Waals surface area contributed by atoms with Gasteiger partial charge in [0.05, 0.1) is 24.3 Å². The fourth-order valence-corrected chi connectivity index (χ4v) is 2.95. The quantitative estimate of drug-likeness (QED) is 0.105.